The summed E-state index contributed by atoms with van der Waals surface area (Å²) >= 11 is 6.26. The van der Waals surface area contributed by atoms with Crippen molar-refractivity contribution >= 4 is 29.3 Å². The molecule has 0 amide bonds. The van der Waals surface area contributed by atoms with E-state index in [0.29, 0.717) is 5.02 Å². The third-order valence-corrected chi connectivity index (χ3v) is 3.89. The molecule has 1 fully saturated rings. The zero-order valence-corrected chi connectivity index (χ0v) is 11.9. The maximum absolute atomic E-state index is 10.6. The van der Waals surface area contributed by atoms with Crippen molar-refractivity contribution in [2.45, 2.75) is 13.3 Å². The highest BCUT2D eigenvalue weighted by atomic mass is 35.5. The molecule has 0 bridgehead atoms. The molecular formula is C15H18ClNO2. The Labute approximate surface area is 118 Å². The second-order valence-electron chi connectivity index (χ2n) is 5.20. The van der Waals surface area contributed by atoms with Gasteiger partial charge >= 0.3 is 5.97 Å². The van der Waals surface area contributed by atoms with Gasteiger partial charge in [0, 0.05) is 19.7 Å². The van der Waals surface area contributed by atoms with Gasteiger partial charge in [0.25, 0.3) is 0 Å². The molecule has 0 saturated heterocycles. The van der Waals surface area contributed by atoms with Crippen LogP contribution >= 0.6 is 11.6 Å². The Morgan fingerprint density at radius 3 is 2.84 bits per heavy atom. The number of rotatable bonds is 5. The smallest absolute Gasteiger partial charge is 0.328 e. The lowest BCUT2D eigenvalue weighted by atomic mass is 10.1. The van der Waals surface area contributed by atoms with Crippen molar-refractivity contribution in [1.29, 1.82) is 0 Å². The van der Waals surface area contributed by atoms with Crippen molar-refractivity contribution < 1.29 is 9.90 Å². The van der Waals surface area contributed by atoms with Gasteiger partial charge in [0.1, 0.15) is 0 Å². The molecule has 1 aliphatic rings. The Morgan fingerprint density at radius 2 is 2.26 bits per heavy atom. The van der Waals surface area contributed by atoms with Crippen LogP contribution in [0, 0.1) is 11.8 Å². The molecule has 2 atom stereocenters. The van der Waals surface area contributed by atoms with Crippen molar-refractivity contribution in [3.63, 3.8) is 0 Å². The van der Waals surface area contributed by atoms with Gasteiger partial charge in [0.2, 0.25) is 0 Å². The molecule has 1 saturated carbocycles. The summed E-state index contributed by atoms with van der Waals surface area (Å²) in [6.45, 7) is 3.20. The zero-order chi connectivity index (χ0) is 14.0. The van der Waals surface area contributed by atoms with Gasteiger partial charge in [0.15, 0.2) is 0 Å². The molecule has 1 aromatic rings. The number of nitrogens with zero attached hydrogens (tertiary/aromatic N) is 1. The van der Waals surface area contributed by atoms with Gasteiger partial charge in [-0.05, 0) is 36.0 Å². The summed E-state index contributed by atoms with van der Waals surface area (Å²) in [4.78, 5) is 12.8. The standard InChI is InChI=1S/C15H18ClNO2/c1-10-8-12(10)9-17(2)15-11(6-7-14(18)19)4-3-5-13(15)16/h3-7,10,12H,8-9H2,1-2H3,(H,18,19)/b7-6+. The SMILES string of the molecule is CC1CC1CN(C)c1c(Cl)cccc1/C=C/C(=O)O. The highest BCUT2D eigenvalue weighted by molar-refractivity contribution is 6.33. The number of halogens is 1. The summed E-state index contributed by atoms with van der Waals surface area (Å²) in [7, 11) is 2.00. The van der Waals surface area contributed by atoms with E-state index in [1.807, 2.05) is 25.2 Å². The molecule has 2 rings (SSSR count). The first-order valence-electron chi connectivity index (χ1n) is 6.39. The molecule has 0 heterocycles. The van der Waals surface area contributed by atoms with Crippen LogP contribution in [-0.2, 0) is 4.79 Å². The number of para-hydroxylation sites is 1. The molecule has 1 aliphatic carbocycles. The lowest BCUT2D eigenvalue weighted by Gasteiger charge is -2.23. The lowest BCUT2D eigenvalue weighted by Crippen LogP contribution is -2.21. The summed E-state index contributed by atoms with van der Waals surface area (Å²) in [6.07, 6.45) is 3.99. The minimum absolute atomic E-state index is 0.656. The Morgan fingerprint density at radius 1 is 1.58 bits per heavy atom. The fourth-order valence-corrected chi connectivity index (χ4v) is 2.65. The predicted octanol–water partition coefficient (Wildman–Crippen LogP) is 3.53. The van der Waals surface area contributed by atoms with Crippen LogP contribution in [0.15, 0.2) is 24.3 Å². The molecule has 0 spiro atoms. The first-order valence-corrected chi connectivity index (χ1v) is 6.77. The molecule has 0 radical (unpaired) electrons. The average molecular weight is 280 g/mol. The van der Waals surface area contributed by atoms with E-state index in [-0.39, 0.29) is 0 Å². The number of carbonyl (C=O) groups is 1. The third-order valence-electron chi connectivity index (χ3n) is 3.59. The second-order valence-corrected chi connectivity index (χ2v) is 5.61. The van der Waals surface area contributed by atoms with Gasteiger partial charge in [-0.15, -0.1) is 0 Å². The van der Waals surface area contributed by atoms with Crippen LogP contribution in [0.4, 0.5) is 5.69 Å². The monoisotopic (exact) mass is 279 g/mol. The molecular weight excluding hydrogens is 262 g/mol. The number of hydrogen-bond acceptors (Lipinski definition) is 2. The molecule has 0 aromatic heterocycles. The number of carboxylic acids is 1. The molecule has 102 valence electrons. The molecule has 4 heteroatoms. The van der Waals surface area contributed by atoms with Crippen LogP contribution < -0.4 is 4.90 Å². The van der Waals surface area contributed by atoms with Gasteiger partial charge in [-0.1, -0.05) is 30.7 Å². The van der Waals surface area contributed by atoms with Crippen molar-refractivity contribution in [2.75, 3.05) is 18.5 Å². The molecule has 2 unspecified atom stereocenters. The maximum atomic E-state index is 10.6. The number of aliphatic carboxylic acids is 1. The Hall–Kier alpha value is -1.48. The van der Waals surface area contributed by atoms with E-state index in [4.69, 9.17) is 16.7 Å². The Bertz CT molecular complexity index is 513. The van der Waals surface area contributed by atoms with Gasteiger partial charge in [-0.2, -0.15) is 0 Å². The summed E-state index contributed by atoms with van der Waals surface area (Å²) in [6, 6.07) is 5.55. The summed E-state index contributed by atoms with van der Waals surface area (Å²) in [5.74, 6) is 0.546. The van der Waals surface area contributed by atoms with E-state index >= 15 is 0 Å². The lowest BCUT2D eigenvalue weighted by molar-refractivity contribution is -0.131. The molecule has 1 N–H and O–H groups in total. The van der Waals surface area contributed by atoms with Crippen LogP contribution in [0.3, 0.4) is 0 Å². The van der Waals surface area contributed by atoms with Gasteiger partial charge in [-0.25, -0.2) is 4.79 Å². The maximum Gasteiger partial charge on any atom is 0.328 e. The van der Waals surface area contributed by atoms with E-state index in [9.17, 15) is 4.79 Å². The molecule has 19 heavy (non-hydrogen) atoms. The normalized spacial score (nSPS) is 21.6. The third kappa shape index (κ3) is 3.51. The summed E-state index contributed by atoms with van der Waals surface area (Å²) in [5.41, 5.74) is 1.74. The Balaban J connectivity index is 2.23. The molecule has 1 aromatic carbocycles. The summed E-state index contributed by atoms with van der Waals surface area (Å²) in [5, 5.41) is 9.39. The van der Waals surface area contributed by atoms with Crippen LogP contribution in [0.2, 0.25) is 5.02 Å². The Kier molecular flexibility index (Phi) is 4.15. The van der Waals surface area contributed by atoms with E-state index in [0.717, 1.165) is 35.7 Å². The van der Waals surface area contributed by atoms with E-state index in [1.54, 1.807) is 6.08 Å². The fraction of sp³-hybridized carbons (Fsp3) is 0.400. The van der Waals surface area contributed by atoms with Gasteiger partial charge < -0.3 is 10.0 Å². The van der Waals surface area contributed by atoms with Crippen molar-refractivity contribution in [1.82, 2.24) is 0 Å². The van der Waals surface area contributed by atoms with E-state index in [1.165, 1.54) is 6.42 Å². The van der Waals surface area contributed by atoms with E-state index < -0.39 is 5.97 Å². The number of anilines is 1. The number of benzene rings is 1. The second kappa shape index (κ2) is 5.66. The van der Waals surface area contributed by atoms with Crippen molar-refractivity contribution in [3.8, 4) is 0 Å². The highest BCUT2D eigenvalue weighted by Crippen LogP contribution is 2.40. The average Bonchev–Trinajstić information content (AvgIpc) is 3.01. The van der Waals surface area contributed by atoms with Crippen molar-refractivity contribution in [3.05, 3.63) is 34.9 Å². The first-order chi connectivity index (χ1) is 8.99. The van der Waals surface area contributed by atoms with Crippen LogP contribution in [0.5, 0.6) is 0 Å². The quantitative estimate of drug-likeness (QED) is 0.838. The summed E-state index contributed by atoms with van der Waals surface area (Å²) < 4.78 is 0. The zero-order valence-electron chi connectivity index (χ0n) is 11.1. The largest absolute Gasteiger partial charge is 0.478 e. The van der Waals surface area contributed by atoms with Gasteiger partial charge in [-0.3, -0.25) is 0 Å². The van der Waals surface area contributed by atoms with Gasteiger partial charge in [0.05, 0.1) is 10.7 Å². The van der Waals surface area contributed by atoms with E-state index in [2.05, 4.69) is 11.8 Å². The van der Waals surface area contributed by atoms with Crippen molar-refractivity contribution in [2.24, 2.45) is 11.8 Å². The number of hydrogen-bond donors (Lipinski definition) is 1. The highest BCUT2D eigenvalue weighted by Gasteiger charge is 2.33. The minimum atomic E-state index is -0.954. The van der Waals surface area contributed by atoms with Crippen LogP contribution in [-0.4, -0.2) is 24.7 Å². The number of carboxylic acid groups (broad SMARTS) is 1. The van der Waals surface area contributed by atoms with Crippen LogP contribution in [0.25, 0.3) is 6.08 Å². The predicted molar refractivity (Wildman–Crippen MR) is 78.7 cm³/mol. The first kappa shape index (κ1) is 13.9. The molecule has 0 aliphatic heterocycles. The fourth-order valence-electron chi connectivity index (χ4n) is 2.33. The molecule has 3 nitrogen and oxygen atoms in total. The minimum Gasteiger partial charge on any atom is -0.478 e. The van der Waals surface area contributed by atoms with Crippen LogP contribution in [0.1, 0.15) is 18.9 Å². The topological polar surface area (TPSA) is 40.5 Å².